The fourth-order valence-electron chi connectivity index (χ4n) is 2.61. The van der Waals surface area contributed by atoms with Crippen molar-refractivity contribution in [3.63, 3.8) is 0 Å². The van der Waals surface area contributed by atoms with Gasteiger partial charge in [-0.25, -0.2) is 0 Å². The molecule has 0 amide bonds. The Morgan fingerprint density at radius 3 is 2.55 bits per heavy atom. The van der Waals surface area contributed by atoms with E-state index in [-0.39, 0.29) is 18.9 Å². The van der Waals surface area contributed by atoms with Crippen molar-refractivity contribution in [1.82, 2.24) is 10.1 Å². The van der Waals surface area contributed by atoms with Crippen molar-refractivity contribution in [2.24, 2.45) is 0 Å². The summed E-state index contributed by atoms with van der Waals surface area (Å²) in [6.07, 6.45) is 0.625. The molecule has 2 aromatic carbocycles. The molecule has 0 aliphatic rings. The van der Waals surface area contributed by atoms with E-state index in [1.807, 2.05) is 0 Å². The number of nitrogens with zero attached hydrogens (tertiary/aromatic N) is 2. The summed E-state index contributed by atoms with van der Waals surface area (Å²) in [4.78, 5) is 16.2. The molecular weight excluding hydrogens is 447 g/mol. The maximum Gasteiger partial charge on any atom is 0.306 e. The van der Waals surface area contributed by atoms with Gasteiger partial charge in [0.25, 0.3) is 5.89 Å². The maximum absolute atomic E-state index is 11.9. The minimum absolute atomic E-state index is 0.122. The molecule has 0 unspecified atom stereocenters. The molecule has 0 N–H and O–H groups in total. The van der Waals surface area contributed by atoms with Crippen LogP contribution in [0.5, 0.6) is 17.2 Å². The van der Waals surface area contributed by atoms with Crippen LogP contribution in [-0.2, 0) is 16.1 Å². The normalized spacial score (nSPS) is 10.6. The summed E-state index contributed by atoms with van der Waals surface area (Å²) >= 11 is 11.9. The second-order valence-electron chi connectivity index (χ2n) is 6.27. The largest absolute Gasteiger partial charge is 0.493 e. The topological polar surface area (TPSA) is 92.9 Å². The molecule has 0 aliphatic carbocycles. The lowest BCUT2D eigenvalue weighted by Crippen LogP contribution is -2.07. The molecule has 164 valence electrons. The molecule has 0 radical (unpaired) electrons. The Labute approximate surface area is 189 Å². The van der Waals surface area contributed by atoms with Gasteiger partial charge in [-0.2, -0.15) is 4.98 Å². The number of aromatic nitrogens is 2. The zero-order chi connectivity index (χ0) is 22.2. The third-order valence-corrected chi connectivity index (χ3v) is 4.67. The van der Waals surface area contributed by atoms with E-state index in [4.69, 9.17) is 46.7 Å². The SMILES string of the molecule is COc1ccc(-c2noc(COC(=O)CCCOc3ccc(Cl)cc3Cl)n2)cc1OC. The minimum Gasteiger partial charge on any atom is -0.493 e. The number of carbonyl (C=O) groups is 1. The van der Waals surface area contributed by atoms with Gasteiger partial charge in [0.15, 0.2) is 18.1 Å². The molecule has 31 heavy (non-hydrogen) atoms. The number of methoxy groups -OCH3 is 2. The second-order valence-corrected chi connectivity index (χ2v) is 7.11. The fourth-order valence-corrected chi connectivity index (χ4v) is 3.07. The van der Waals surface area contributed by atoms with Crippen LogP contribution in [0.4, 0.5) is 0 Å². The number of hydrogen-bond donors (Lipinski definition) is 0. The molecule has 0 atom stereocenters. The average Bonchev–Trinajstić information content (AvgIpc) is 3.25. The molecular formula is C21H20Cl2N2O6. The first-order chi connectivity index (χ1) is 15.0. The van der Waals surface area contributed by atoms with Gasteiger partial charge in [0.05, 0.1) is 25.8 Å². The summed E-state index contributed by atoms with van der Waals surface area (Å²) in [7, 11) is 3.09. The van der Waals surface area contributed by atoms with Crippen LogP contribution in [0.3, 0.4) is 0 Å². The lowest BCUT2D eigenvalue weighted by atomic mass is 10.2. The highest BCUT2D eigenvalue weighted by Gasteiger charge is 2.14. The first-order valence-corrected chi connectivity index (χ1v) is 10.0. The van der Waals surface area contributed by atoms with Crippen molar-refractivity contribution in [2.75, 3.05) is 20.8 Å². The Balaban J connectivity index is 1.44. The summed E-state index contributed by atoms with van der Waals surface area (Å²) < 4.78 is 26.3. The molecule has 0 spiro atoms. The zero-order valence-corrected chi connectivity index (χ0v) is 18.4. The van der Waals surface area contributed by atoms with Gasteiger partial charge in [0.2, 0.25) is 5.82 Å². The Kier molecular flexibility index (Phi) is 7.97. The Hall–Kier alpha value is -2.97. The second kappa shape index (κ2) is 10.9. The Morgan fingerprint density at radius 2 is 1.81 bits per heavy atom. The molecule has 1 aromatic heterocycles. The van der Waals surface area contributed by atoms with Gasteiger partial charge in [-0.05, 0) is 42.8 Å². The van der Waals surface area contributed by atoms with E-state index in [2.05, 4.69) is 10.1 Å². The highest BCUT2D eigenvalue weighted by Crippen LogP contribution is 2.31. The number of halogens is 2. The number of esters is 1. The molecule has 0 bridgehead atoms. The average molecular weight is 467 g/mol. The molecule has 1 heterocycles. The van der Waals surface area contributed by atoms with E-state index >= 15 is 0 Å². The van der Waals surface area contributed by atoms with Gasteiger partial charge in [-0.3, -0.25) is 4.79 Å². The van der Waals surface area contributed by atoms with Crippen molar-refractivity contribution >= 4 is 29.2 Å². The highest BCUT2D eigenvalue weighted by atomic mass is 35.5. The van der Waals surface area contributed by atoms with Gasteiger partial charge in [-0.15, -0.1) is 0 Å². The van der Waals surface area contributed by atoms with Crippen molar-refractivity contribution in [3.8, 4) is 28.6 Å². The molecule has 3 aromatic rings. The van der Waals surface area contributed by atoms with Crippen LogP contribution in [-0.4, -0.2) is 36.9 Å². The van der Waals surface area contributed by atoms with E-state index in [0.29, 0.717) is 51.7 Å². The monoisotopic (exact) mass is 466 g/mol. The number of ether oxygens (including phenoxy) is 4. The smallest absolute Gasteiger partial charge is 0.306 e. The van der Waals surface area contributed by atoms with E-state index in [9.17, 15) is 4.79 Å². The van der Waals surface area contributed by atoms with Crippen LogP contribution in [0.15, 0.2) is 40.9 Å². The molecule has 3 rings (SSSR count). The van der Waals surface area contributed by atoms with Gasteiger partial charge in [0, 0.05) is 17.0 Å². The quantitative estimate of drug-likeness (QED) is 0.305. The third kappa shape index (κ3) is 6.26. The Bertz CT molecular complexity index is 1040. The lowest BCUT2D eigenvalue weighted by molar-refractivity contribution is -0.146. The van der Waals surface area contributed by atoms with E-state index in [0.717, 1.165) is 0 Å². The third-order valence-electron chi connectivity index (χ3n) is 4.14. The van der Waals surface area contributed by atoms with Crippen LogP contribution < -0.4 is 14.2 Å². The Morgan fingerprint density at radius 1 is 1.03 bits per heavy atom. The fraction of sp³-hybridized carbons (Fsp3) is 0.286. The van der Waals surface area contributed by atoms with Crippen LogP contribution in [0.25, 0.3) is 11.4 Å². The van der Waals surface area contributed by atoms with Crippen molar-refractivity contribution in [1.29, 1.82) is 0 Å². The number of benzene rings is 2. The van der Waals surface area contributed by atoms with Gasteiger partial charge in [0.1, 0.15) is 5.75 Å². The van der Waals surface area contributed by atoms with Gasteiger partial charge in [-0.1, -0.05) is 28.4 Å². The number of hydrogen-bond acceptors (Lipinski definition) is 8. The summed E-state index contributed by atoms with van der Waals surface area (Å²) in [5, 5.41) is 4.84. The van der Waals surface area contributed by atoms with E-state index in [1.54, 1.807) is 43.5 Å². The minimum atomic E-state index is -0.406. The molecule has 0 saturated heterocycles. The maximum atomic E-state index is 11.9. The van der Waals surface area contributed by atoms with Crippen LogP contribution >= 0.6 is 23.2 Å². The molecule has 0 saturated carbocycles. The first-order valence-electron chi connectivity index (χ1n) is 9.28. The highest BCUT2D eigenvalue weighted by molar-refractivity contribution is 6.35. The van der Waals surface area contributed by atoms with Crippen LogP contribution in [0.2, 0.25) is 10.0 Å². The van der Waals surface area contributed by atoms with Crippen LogP contribution in [0.1, 0.15) is 18.7 Å². The van der Waals surface area contributed by atoms with Crippen molar-refractivity contribution < 1.29 is 28.3 Å². The lowest BCUT2D eigenvalue weighted by Gasteiger charge is -2.08. The van der Waals surface area contributed by atoms with Crippen LogP contribution in [0, 0.1) is 0 Å². The summed E-state index contributed by atoms with van der Waals surface area (Å²) in [5.74, 6) is 1.76. The summed E-state index contributed by atoms with van der Waals surface area (Å²) in [5.41, 5.74) is 0.678. The van der Waals surface area contributed by atoms with E-state index in [1.165, 1.54) is 7.11 Å². The molecule has 8 nitrogen and oxygen atoms in total. The van der Waals surface area contributed by atoms with Gasteiger partial charge >= 0.3 is 5.97 Å². The predicted molar refractivity (Wildman–Crippen MR) is 114 cm³/mol. The molecule has 10 heteroatoms. The van der Waals surface area contributed by atoms with Crippen molar-refractivity contribution in [2.45, 2.75) is 19.4 Å². The summed E-state index contributed by atoms with van der Waals surface area (Å²) in [6.45, 7) is 0.184. The van der Waals surface area contributed by atoms with E-state index < -0.39 is 5.97 Å². The number of rotatable bonds is 10. The first kappa shape index (κ1) is 22.7. The number of carbonyl (C=O) groups excluding carboxylic acids is 1. The standard InChI is InChI=1S/C21H20Cl2N2O6/c1-27-17-7-5-13(10-18(17)28-2)21-24-19(31-25-21)12-30-20(26)4-3-9-29-16-8-6-14(22)11-15(16)23/h5-8,10-11H,3-4,9,12H2,1-2H3. The molecule has 0 fully saturated rings. The van der Waals surface area contributed by atoms with Gasteiger partial charge < -0.3 is 23.5 Å². The van der Waals surface area contributed by atoms with Crippen molar-refractivity contribution in [3.05, 3.63) is 52.3 Å². The zero-order valence-electron chi connectivity index (χ0n) is 16.9. The molecule has 0 aliphatic heterocycles. The predicted octanol–water partition coefficient (Wildman–Crippen LogP) is 4.96. The summed E-state index contributed by atoms with van der Waals surface area (Å²) in [6, 6.07) is 10.2.